The third kappa shape index (κ3) is 3.91. The van der Waals surface area contributed by atoms with E-state index in [0.717, 1.165) is 11.3 Å². The van der Waals surface area contributed by atoms with Gasteiger partial charge in [-0.15, -0.1) is 0 Å². The molecule has 0 N–H and O–H groups in total. The average molecular weight is 317 g/mol. The topological polar surface area (TPSA) is 12.9 Å². The third-order valence-electron chi connectivity index (χ3n) is 3.90. The summed E-state index contributed by atoms with van der Waals surface area (Å²) >= 11 is 0. The SMILES string of the molecule is [2H]C([2H])(c1ccnc(-c2ccc(C)c(-c3ccccc3)c2)c1)C(C)(C)C. The molecule has 1 aromatic heterocycles. The van der Waals surface area contributed by atoms with Gasteiger partial charge in [-0.2, -0.15) is 0 Å². The van der Waals surface area contributed by atoms with E-state index < -0.39 is 11.8 Å². The van der Waals surface area contributed by atoms with E-state index in [9.17, 15) is 0 Å². The van der Waals surface area contributed by atoms with Crippen LogP contribution in [0.4, 0.5) is 0 Å². The quantitative estimate of drug-likeness (QED) is 0.551. The lowest BCUT2D eigenvalue weighted by molar-refractivity contribution is 0.411. The monoisotopic (exact) mass is 317 g/mol. The van der Waals surface area contributed by atoms with Gasteiger partial charge in [0.2, 0.25) is 0 Å². The molecule has 1 heterocycles. The molecule has 0 atom stereocenters. The molecule has 0 amide bonds. The average Bonchev–Trinajstić information content (AvgIpc) is 2.62. The van der Waals surface area contributed by atoms with Crippen molar-refractivity contribution in [2.24, 2.45) is 5.41 Å². The van der Waals surface area contributed by atoms with Crippen molar-refractivity contribution in [3.63, 3.8) is 0 Å². The van der Waals surface area contributed by atoms with Crippen LogP contribution >= 0.6 is 0 Å². The van der Waals surface area contributed by atoms with Gasteiger partial charge < -0.3 is 0 Å². The lowest BCUT2D eigenvalue weighted by atomic mass is 9.88. The standard InChI is InChI=1S/C23H25N/c1-17-10-11-20(15-21(17)19-8-6-5-7-9-19)22-14-18(12-13-24-22)16-23(2,3)4/h5-15H,16H2,1-4H3/i16D2. The van der Waals surface area contributed by atoms with Gasteiger partial charge in [0.25, 0.3) is 0 Å². The fourth-order valence-electron chi connectivity index (χ4n) is 2.81. The number of pyridine rings is 1. The molecule has 0 radical (unpaired) electrons. The summed E-state index contributed by atoms with van der Waals surface area (Å²) in [6, 6.07) is 20.3. The van der Waals surface area contributed by atoms with Crippen molar-refractivity contribution in [2.75, 3.05) is 0 Å². The van der Waals surface area contributed by atoms with Gasteiger partial charge in [0.1, 0.15) is 0 Å². The Morgan fingerprint density at radius 2 is 1.67 bits per heavy atom. The van der Waals surface area contributed by atoms with Crippen LogP contribution in [0.5, 0.6) is 0 Å². The molecule has 0 unspecified atom stereocenters. The minimum atomic E-state index is -1.43. The molecule has 0 saturated heterocycles. The molecule has 0 saturated carbocycles. The smallest absolute Gasteiger partial charge is 0.0704 e. The van der Waals surface area contributed by atoms with E-state index in [2.05, 4.69) is 42.2 Å². The second-order valence-corrected chi connectivity index (χ2v) is 7.20. The number of benzene rings is 2. The van der Waals surface area contributed by atoms with Crippen LogP contribution in [0.3, 0.4) is 0 Å². The first-order chi connectivity index (χ1) is 12.2. The Bertz CT molecular complexity index is 909. The second-order valence-electron chi connectivity index (χ2n) is 7.20. The first kappa shape index (κ1) is 14.0. The number of rotatable bonds is 3. The Morgan fingerprint density at radius 3 is 2.38 bits per heavy atom. The van der Waals surface area contributed by atoms with Crippen LogP contribution in [0.2, 0.25) is 0 Å². The molecular formula is C23H25N. The van der Waals surface area contributed by atoms with Crippen molar-refractivity contribution in [2.45, 2.75) is 34.1 Å². The molecule has 0 spiro atoms. The molecule has 122 valence electrons. The maximum absolute atomic E-state index is 8.53. The number of aromatic nitrogens is 1. The van der Waals surface area contributed by atoms with Crippen molar-refractivity contribution in [1.29, 1.82) is 0 Å². The van der Waals surface area contributed by atoms with E-state index in [0.29, 0.717) is 5.56 Å². The number of hydrogen-bond acceptors (Lipinski definition) is 1. The summed E-state index contributed by atoms with van der Waals surface area (Å²) in [6.07, 6.45) is 0.272. The molecule has 1 nitrogen and oxygen atoms in total. The molecule has 3 aromatic rings. The summed E-state index contributed by atoms with van der Waals surface area (Å²) in [5.41, 5.74) is 5.53. The fourth-order valence-corrected chi connectivity index (χ4v) is 2.81. The van der Waals surface area contributed by atoms with Crippen LogP contribution < -0.4 is 0 Å². The fraction of sp³-hybridized carbons (Fsp3) is 0.261. The van der Waals surface area contributed by atoms with Crippen LogP contribution in [0, 0.1) is 12.3 Å². The van der Waals surface area contributed by atoms with Crippen molar-refractivity contribution in [1.82, 2.24) is 4.98 Å². The van der Waals surface area contributed by atoms with Gasteiger partial charge in [-0.25, -0.2) is 0 Å². The van der Waals surface area contributed by atoms with Gasteiger partial charge in [-0.3, -0.25) is 4.98 Å². The van der Waals surface area contributed by atoms with Crippen molar-refractivity contribution in [3.8, 4) is 22.4 Å². The van der Waals surface area contributed by atoms with E-state index in [1.54, 1.807) is 12.3 Å². The highest BCUT2D eigenvalue weighted by Crippen LogP contribution is 2.29. The van der Waals surface area contributed by atoms with Gasteiger partial charge in [-0.1, -0.05) is 63.2 Å². The molecule has 2 aromatic carbocycles. The Balaban J connectivity index is 2.07. The van der Waals surface area contributed by atoms with Gasteiger partial charge >= 0.3 is 0 Å². The Kier molecular flexibility index (Phi) is 3.85. The molecule has 0 fully saturated rings. The van der Waals surface area contributed by atoms with E-state index in [-0.39, 0.29) is 0 Å². The molecular weight excluding hydrogens is 290 g/mol. The summed E-state index contributed by atoms with van der Waals surface area (Å²) in [6.45, 7) is 7.87. The van der Waals surface area contributed by atoms with Crippen LogP contribution in [-0.4, -0.2) is 4.98 Å². The van der Waals surface area contributed by atoms with Gasteiger partial charge in [-0.05, 0) is 59.2 Å². The summed E-state index contributed by atoms with van der Waals surface area (Å²) in [4.78, 5) is 4.50. The predicted molar refractivity (Wildman–Crippen MR) is 103 cm³/mol. The lowest BCUT2D eigenvalue weighted by Crippen LogP contribution is -2.09. The van der Waals surface area contributed by atoms with E-state index in [4.69, 9.17) is 2.74 Å². The van der Waals surface area contributed by atoms with Crippen LogP contribution in [0.15, 0.2) is 66.9 Å². The highest BCUT2D eigenvalue weighted by atomic mass is 14.7. The highest BCUT2D eigenvalue weighted by molar-refractivity contribution is 5.74. The normalized spacial score (nSPS) is 13.3. The first-order valence-electron chi connectivity index (χ1n) is 9.33. The van der Waals surface area contributed by atoms with Crippen LogP contribution in [0.25, 0.3) is 22.4 Å². The molecule has 0 aliphatic carbocycles. The van der Waals surface area contributed by atoms with Crippen LogP contribution in [0.1, 0.15) is 34.6 Å². The van der Waals surface area contributed by atoms with Gasteiger partial charge in [0.05, 0.1) is 5.69 Å². The third-order valence-corrected chi connectivity index (χ3v) is 3.90. The zero-order chi connectivity index (χ0) is 18.9. The van der Waals surface area contributed by atoms with E-state index in [1.165, 1.54) is 16.7 Å². The zero-order valence-corrected chi connectivity index (χ0v) is 14.8. The molecule has 24 heavy (non-hydrogen) atoms. The molecule has 0 aliphatic heterocycles. The maximum Gasteiger partial charge on any atom is 0.0704 e. The van der Waals surface area contributed by atoms with Crippen molar-refractivity contribution >= 4 is 0 Å². The predicted octanol–water partition coefficient (Wildman–Crippen LogP) is 6.31. The maximum atomic E-state index is 8.53. The largest absolute Gasteiger partial charge is 0.256 e. The zero-order valence-electron chi connectivity index (χ0n) is 16.8. The minimum absolute atomic E-state index is 0.492. The first-order valence-corrected chi connectivity index (χ1v) is 8.33. The van der Waals surface area contributed by atoms with Crippen molar-refractivity contribution < 1.29 is 2.74 Å². The molecule has 3 rings (SSSR count). The van der Waals surface area contributed by atoms with E-state index in [1.807, 2.05) is 45.0 Å². The van der Waals surface area contributed by atoms with Gasteiger partial charge in [0, 0.05) is 14.5 Å². The Labute approximate surface area is 148 Å². The number of nitrogens with zero attached hydrogens (tertiary/aromatic N) is 1. The molecule has 1 heteroatoms. The Morgan fingerprint density at radius 1 is 0.917 bits per heavy atom. The summed E-state index contributed by atoms with van der Waals surface area (Å²) in [5, 5.41) is 0. The second kappa shape index (κ2) is 6.60. The van der Waals surface area contributed by atoms with Gasteiger partial charge in [0.15, 0.2) is 0 Å². The number of hydrogen-bond donors (Lipinski definition) is 0. The molecule has 0 aliphatic rings. The van der Waals surface area contributed by atoms with E-state index >= 15 is 0 Å². The lowest BCUT2D eigenvalue weighted by Gasteiger charge is -2.18. The number of aryl methyl sites for hydroxylation is 1. The molecule has 0 bridgehead atoms. The summed E-state index contributed by atoms with van der Waals surface area (Å²) in [5.74, 6) is 0. The Hall–Kier alpha value is -2.41. The van der Waals surface area contributed by atoms with Crippen molar-refractivity contribution in [3.05, 3.63) is 78.0 Å². The summed E-state index contributed by atoms with van der Waals surface area (Å²) < 4.78 is 17.1. The minimum Gasteiger partial charge on any atom is -0.256 e. The highest BCUT2D eigenvalue weighted by Gasteiger charge is 2.12. The van der Waals surface area contributed by atoms with Crippen LogP contribution in [-0.2, 0) is 6.37 Å². The summed E-state index contributed by atoms with van der Waals surface area (Å²) in [7, 11) is 0.